The van der Waals surface area contributed by atoms with Gasteiger partial charge in [0, 0.05) is 0 Å². The largest absolute Gasteiger partial charge is 0.510 e. The van der Waals surface area contributed by atoms with Gasteiger partial charge in [0.05, 0.1) is 12.3 Å². The molecular weight excluding hydrogens is 358 g/mol. The summed E-state index contributed by atoms with van der Waals surface area (Å²) >= 11 is 0. The Morgan fingerprint density at radius 3 is 2.52 bits per heavy atom. The van der Waals surface area contributed by atoms with Crippen molar-refractivity contribution in [1.82, 2.24) is 5.32 Å². The third-order valence-corrected chi connectivity index (χ3v) is 5.28. The summed E-state index contributed by atoms with van der Waals surface area (Å²) in [6.07, 6.45) is -2.09. The number of carboxylic acids is 2. The van der Waals surface area contributed by atoms with Crippen LogP contribution in [0.5, 0.6) is 0 Å². The van der Waals surface area contributed by atoms with Crippen molar-refractivity contribution < 1.29 is 39.2 Å². The molecule has 4 N–H and O–H groups in total. The molecule has 0 spiro atoms. The van der Waals surface area contributed by atoms with Crippen molar-refractivity contribution in [2.75, 3.05) is 0 Å². The third-order valence-electron chi connectivity index (χ3n) is 5.28. The molecule has 1 amide bonds. The molecule has 2 fully saturated rings. The van der Waals surface area contributed by atoms with Gasteiger partial charge in [0.2, 0.25) is 5.91 Å². The molecule has 0 saturated carbocycles. The molecule has 9 nitrogen and oxygen atoms in total. The highest BCUT2D eigenvalue weighted by molar-refractivity contribution is 5.94. The average Bonchev–Trinajstić information content (AvgIpc) is 3.08. The fraction of sp³-hybridized carbons (Fsp3) is 0.389. The number of aliphatic hydroxyl groups is 1. The van der Waals surface area contributed by atoms with Gasteiger partial charge in [0.15, 0.2) is 6.04 Å². The van der Waals surface area contributed by atoms with Crippen LogP contribution in [0.15, 0.2) is 42.2 Å². The van der Waals surface area contributed by atoms with Gasteiger partial charge in [-0.05, 0) is 11.6 Å². The van der Waals surface area contributed by atoms with E-state index >= 15 is 0 Å². The summed E-state index contributed by atoms with van der Waals surface area (Å²) < 4.78 is 11.7. The van der Waals surface area contributed by atoms with Crippen molar-refractivity contribution in [3.63, 3.8) is 0 Å². The predicted octanol–water partition coefficient (Wildman–Crippen LogP) is 0.380. The summed E-state index contributed by atoms with van der Waals surface area (Å²) in [4.78, 5) is 35.6. The first kappa shape index (κ1) is 17.5. The summed E-state index contributed by atoms with van der Waals surface area (Å²) in [7, 11) is 0. The van der Waals surface area contributed by atoms with Crippen molar-refractivity contribution in [3.8, 4) is 0 Å². The van der Waals surface area contributed by atoms with E-state index in [0.29, 0.717) is 0 Å². The molecular formula is C18H17NO8. The Balaban J connectivity index is 1.75. The van der Waals surface area contributed by atoms with Gasteiger partial charge in [-0.3, -0.25) is 9.59 Å². The summed E-state index contributed by atoms with van der Waals surface area (Å²) in [5, 5.41) is 31.5. The van der Waals surface area contributed by atoms with E-state index in [4.69, 9.17) is 9.47 Å². The van der Waals surface area contributed by atoms with Crippen molar-refractivity contribution in [2.45, 2.75) is 36.4 Å². The molecule has 3 aliphatic heterocycles. The molecule has 0 aliphatic carbocycles. The maximum absolute atomic E-state index is 12.5. The lowest BCUT2D eigenvalue weighted by Gasteiger charge is -2.30. The maximum Gasteiger partial charge on any atom is 0.329 e. The summed E-state index contributed by atoms with van der Waals surface area (Å²) in [5.74, 6) is -4.78. The SMILES string of the molecule is O=C(O)C[C@]12O[C@@H]3C(O)=C[C@H](c4ccccc4)O[C@@H]3[C@H]1C(=O)N[C@@H]2C(=O)O. The molecule has 27 heavy (non-hydrogen) atoms. The monoisotopic (exact) mass is 375 g/mol. The number of benzene rings is 1. The first-order valence-electron chi connectivity index (χ1n) is 8.37. The van der Waals surface area contributed by atoms with Gasteiger partial charge in [-0.25, -0.2) is 4.79 Å². The van der Waals surface area contributed by atoms with Gasteiger partial charge in [-0.1, -0.05) is 30.3 Å². The maximum atomic E-state index is 12.5. The Labute approximate surface area is 153 Å². The molecule has 2 saturated heterocycles. The standard InChI is InChI=1S/C18H17NO8/c20-9-6-10(8-4-2-1-3-5-8)26-14-12-16(23)19-15(17(24)25)18(12,7-11(21)22)27-13(9)14/h1-6,10,12-15,20H,7H2,(H,19,23)(H,21,22)(H,24,25)/t10-,12+,13-,14-,15-,18+/m1/s1. The van der Waals surface area contributed by atoms with Crippen molar-refractivity contribution in [3.05, 3.63) is 47.7 Å². The van der Waals surface area contributed by atoms with E-state index in [1.54, 1.807) is 24.3 Å². The Morgan fingerprint density at radius 2 is 1.89 bits per heavy atom. The number of aliphatic hydroxyl groups excluding tert-OH is 1. The normalized spacial score (nSPS) is 37.1. The van der Waals surface area contributed by atoms with E-state index < -0.39 is 60.1 Å². The summed E-state index contributed by atoms with van der Waals surface area (Å²) in [6, 6.07) is 7.41. The first-order valence-corrected chi connectivity index (χ1v) is 8.37. The fourth-order valence-electron chi connectivity index (χ4n) is 4.22. The number of ether oxygens (including phenoxy) is 2. The molecule has 0 aromatic heterocycles. The van der Waals surface area contributed by atoms with Gasteiger partial charge >= 0.3 is 11.9 Å². The van der Waals surface area contributed by atoms with E-state index in [9.17, 15) is 29.7 Å². The Bertz CT molecular complexity index is 837. The molecule has 0 radical (unpaired) electrons. The van der Waals surface area contributed by atoms with E-state index in [1.165, 1.54) is 6.08 Å². The van der Waals surface area contributed by atoms with Crippen LogP contribution in [-0.4, -0.2) is 57.0 Å². The minimum absolute atomic E-state index is 0.212. The smallest absolute Gasteiger partial charge is 0.329 e. The lowest BCUT2D eigenvalue weighted by Crippen LogP contribution is -2.52. The minimum Gasteiger partial charge on any atom is -0.510 e. The number of aliphatic carboxylic acids is 2. The van der Waals surface area contributed by atoms with Crippen LogP contribution >= 0.6 is 0 Å². The van der Waals surface area contributed by atoms with E-state index in [1.807, 2.05) is 6.07 Å². The van der Waals surface area contributed by atoms with E-state index in [2.05, 4.69) is 5.32 Å². The summed E-state index contributed by atoms with van der Waals surface area (Å²) in [5.41, 5.74) is -1.12. The van der Waals surface area contributed by atoms with Crippen molar-refractivity contribution >= 4 is 17.8 Å². The number of fused-ring (bicyclic) bond motifs is 3. The van der Waals surface area contributed by atoms with Crippen molar-refractivity contribution in [1.29, 1.82) is 0 Å². The minimum atomic E-state index is -1.85. The second-order valence-corrected chi connectivity index (χ2v) is 6.84. The van der Waals surface area contributed by atoms with Crippen LogP contribution in [0.4, 0.5) is 0 Å². The number of carboxylic acid groups (broad SMARTS) is 2. The molecule has 3 heterocycles. The fourth-order valence-corrected chi connectivity index (χ4v) is 4.22. The predicted molar refractivity (Wildman–Crippen MR) is 87.7 cm³/mol. The van der Waals surface area contributed by atoms with Crippen LogP contribution in [0.25, 0.3) is 0 Å². The van der Waals surface area contributed by atoms with Gasteiger partial charge in [-0.15, -0.1) is 0 Å². The quantitative estimate of drug-likeness (QED) is 0.592. The highest BCUT2D eigenvalue weighted by atomic mass is 16.6. The van der Waals surface area contributed by atoms with Crippen LogP contribution in [0.3, 0.4) is 0 Å². The number of hydrogen-bond donors (Lipinski definition) is 4. The number of amides is 1. The summed E-state index contributed by atoms with van der Waals surface area (Å²) in [6.45, 7) is 0. The van der Waals surface area contributed by atoms with Crippen LogP contribution in [0.2, 0.25) is 0 Å². The lowest BCUT2D eigenvalue weighted by atomic mass is 9.80. The number of carbonyl (C=O) groups is 3. The zero-order valence-electron chi connectivity index (χ0n) is 13.9. The highest BCUT2D eigenvalue weighted by Gasteiger charge is 2.70. The first-order chi connectivity index (χ1) is 12.8. The molecule has 4 rings (SSSR count). The van der Waals surface area contributed by atoms with Gasteiger partial charge in [-0.2, -0.15) is 0 Å². The van der Waals surface area contributed by atoms with Crippen LogP contribution < -0.4 is 5.32 Å². The van der Waals surface area contributed by atoms with E-state index in [0.717, 1.165) is 5.56 Å². The van der Waals surface area contributed by atoms with E-state index in [-0.39, 0.29) is 5.76 Å². The molecule has 0 bridgehead atoms. The molecule has 0 unspecified atom stereocenters. The Kier molecular flexibility index (Phi) is 3.93. The zero-order valence-corrected chi connectivity index (χ0v) is 13.9. The number of nitrogens with one attached hydrogen (secondary N) is 1. The highest BCUT2D eigenvalue weighted by Crippen LogP contribution is 2.51. The number of rotatable bonds is 4. The van der Waals surface area contributed by atoms with Crippen LogP contribution in [0.1, 0.15) is 18.1 Å². The Hall–Kier alpha value is -2.91. The van der Waals surface area contributed by atoms with Gasteiger partial charge in [0.25, 0.3) is 0 Å². The zero-order chi connectivity index (χ0) is 19.3. The molecule has 9 heteroatoms. The van der Waals surface area contributed by atoms with Crippen molar-refractivity contribution in [2.24, 2.45) is 5.92 Å². The molecule has 142 valence electrons. The topological polar surface area (TPSA) is 142 Å². The van der Waals surface area contributed by atoms with Gasteiger partial charge < -0.3 is 30.1 Å². The molecule has 6 atom stereocenters. The molecule has 1 aromatic carbocycles. The number of carbonyl (C=O) groups excluding carboxylic acids is 1. The van der Waals surface area contributed by atoms with Gasteiger partial charge in [0.1, 0.15) is 29.7 Å². The third kappa shape index (κ3) is 2.58. The lowest BCUT2D eigenvalue weighted by molar-refractivity contribution is -0.157. The second kappa shape index (κ2) is 6.07. The molecule has 3 aliphatic rings. The second-order valence-electron chi connectivity index (χ2n) is 6.84. The van der Waals surface area contributed by atoms with Crippen LogP contribution in [0, 0.1) is 5.92 Å². The van der Waals surface area contributed by atoms with Crippen LogP contribution in [-0.2, 0) is 23.9 Å². The number of hydrogen-bond acceptors (Lipinski definition) is 6. The molecule has 1 aromatic rings. The average molecular weight is 375 g/mol. The Morgan fingerprint density at radius 1 is 1.19 bits per heavy atom.